The summed E-state index contributed by atoms with van der Waals surface area (Å²) in [5, 5.41) is 18.2. The van der Waals surface area contributed by atoms with Crippen LogP contribution >= 0.6 is 0 Å². The van der Waals surface area contributed by atoms with E-state index in [1.54, 1.807) is 18.5 Å². The number of hydrogen-bond donors (Lipinski definition) is 2. The van der Waals surface area contributed by atoms with E-state index in [1.807, 2.05) is 12.1 Å². The first-order valence-corrected chi connectivity index (χ1v) is 8.93. The van der Waals surface area contributed by atoms with Crippen LogP contribution in [0.2, 0.25) is 0 Å². The van der Waals surface area contributed by atoms with Crippen molar-refractivity contribution in [1.29, 1.82) is 0 Å². The number of rotatable bonds is 5. The van der Waals surface area contributed by atoms with Crippen molar-refractivity contribution >= 4 is 35.3 Å². The van der Waals surface area contributed by atoms with Crippen LogP contribution in [0.15, 0.2) is 40.4 Å². The number of carbonyl (C=O) groups excluding carboxylic acids is 1. The van der Waals surface area contributed by atoms with Crippen molar-refractivity contribution in [3.05, 3.63) is 47.9 Å². The van der Waals surface area contributed by atoms with Gasteiger partial charge in [0.15, 0.2) is 23.1 Å². The number of Topliss-reactive ketones (excluding diaryl/α,β-unsaturated/α-hetero) is 1. The number of carbonyl (C=O) groups is 1. The van der Waals surface area contributed by atoms with Crippen LogP contribution in [0.3, 0.4) is 0 Å². The second kappa shape index (κ2) is 6.45. The van der Waals surface area contributed by atoms with Crippen molar-refractivity contribution in [1.82, 2.24) is 19.9 Å². The SMILES string of the molecule is O=C(c1c(Nn2cnnc2)oc(C=C2C=Nc3ncccc32)c1O)C1CCC1. The Morgan fingerprint density at radius 1 is 1.32 bits per heavy atom. The average Bonchev–Trinajstić information content (AvgIpc) is 3.35. The lowest BCUT2D eigenvalue weighted by atomic mass is 9.80. The van der Waals surface area contributed by atoms with Gasteiger partial charge in [-0.15, -0.1) is 10.2 Å². The molecule has 0 bridgehead atoms. The summed E-state index contributed by atoms with van der Waals surface area (Å²) in [4.78, 5) is 21.3. The van der Waals surface area contributed by atoms with Gasteiger partial charge in [0.1, 0.15) is 18.2 Å². The van der Waals surface area contributed by atoms with Gasteiger partial charge in [0.05, 0.1) is 0 Å². The molecule has 1 aliphatic carbocycles. The summed E-state index contributed by atoms with van der Waals surface area (Å²) < 4.78 is 7.27. The van der Waals surface area contributed by atoms with E-state index in [2.05, 4.69) is 25.6 Å². The minimum Gasteiger partial charge on any atom is -0.504 e. The largest absolute Gasteiger partial charge is 0.504 e. The molecule has 4 heterocycles. The Hall–Kier alpha value is -3.75. The number of allylic oxidation sites excluding steroid dienone is 1. The molecular formula is C19H16N6O3. The summed E-state index contributed by atoms with van der Waals surface area (Å²) in [5.41, 5.74) is 4.63. The van der Waals surface area contributed by atoms with Crippen molar-refractivity contribution < 1.29 is 14.3 Å². The Kier molecular flexibility index (Phi) is 3.78. The normalized spacial score (nSPS) is 16.9. The molecule has 0 aromatic carbocycles. The maximum atomic E-state index is 12.9. The third-order valence-electron chi connectivity index (χ3n) is 4.99. The van der Waals surface area contributed by atoms with Crippen LogP contribution in [0.25, 0.3) is 11.6 Å². The topological polar surface area (TPSA) is 118 Å². The lowest BCUT2D eigenvalue weighted by molar-refractivity contribution is 0.0853. The van der Waals surface area contributed by atoms with E-state index in [9.17, 15) is 9.90 Å². The number of anilines is 1. The fraction of sp³-hybridized carbons (Fsp3) is 0.211. The molecule has 1 aliphatic heterocycles. The zero-order valence-electron chi connectivity index (χ0n) is 14.7. The number of aromatic hydroxyl groups is 1. The van der Waals surface area contributed by atoms with Crippen molar-refractivity contribution in [3.63, 3.8) is 0 Å². The quantitative estimate of drug-likeness (QED) is 0.657. The molecule has 3 aromatic rings. The van der Waals surface area contributed by atoms with Crippen LogP contribution < -0.4 is 5.43 Å². The Balaban J connectivity index is 1.57. The fourth-order valence-corrected chi connectivity index (χ4v) is 3.28. The zero-order chi connectivity index (χ0) is 19.1. The molecule has 0 saturated heterocycles. The van der Waals surface area contributed by atoms with Gasteiger partial charge in [0.25, 0.3) is 0 Å². The van der Waals surface area contributed by atoms with Crippen molar-refractivity contribution in [2.75, 3.05) is 5.43 Å². The van der Waals surface area contributed by atoms with E-state index < -0.39 is 0 Å². The van der Waals surface area contributed by atoms with Crippen LogP contribution in [0.4, 0.5) is 11.7 Å². The highest BCUT2D eigenvalue weighted by molar-refractivity contribution is 6.21. The van der Waals surface area contributed by atoms with Crippen LogP contribution in [-0.4, -0.2) is 37.0 Å². The number of nitrogens with zero attached hydrogens (tertiary/aromatic N) is 5. The molecule has 2 aliphatic rings. The van der Waals surface area contributed by atoms with E-state index in [0.717, 1.165) is 30.4 Å². The molecule has 9 heteroatoms. The molecule has 3 aromatic heterocycles. The lowest BCUT2D eigenvalue weighted by Gasteiger charge is -2.23. The van der Waals surface area contributed by atoms with E-state index in [1.165, 1.54) is 17.3 Å². The van der Waals surface area contributed by atoms with Gasteiger partial charge in [-0.2, -0.15) is 0 Å². The third kappa shape index (κ3) is 2.68. The van der Waals surface area contributed by atoms with Crippen LogP contribution in [-0.2, 0) is 0 Å². The highest BCUT2D eigenvalue weighted by Crippen LogP contribution is 2.41. The smallest absolute Gasteiger partial charge is 0.227 e. The number of fused-ring (bicyclic) bond motifs is 1. The maximum absolute atomic E-state index is 12.9. The van der Waals surface area contributed by atoms with Gasteiger partial charge < -0.3 is 9.52 Å². The molecule has 0 unspecified atom stereocenters. The summed E-state index contributed by atoms with van der Waals surface area (Å²) in [6, 6.07) is 3.70. The van der Waals surface area contributed by atoms with Crippen LogP contribution in [0.1, 0.15) is 40.9 Å². The summed E-state index contributed by atoms with van der Waals surface area (Å²) in [6.07, 6.45) is 10.5. The lowest BCUT2D eigenvalue weighted by Crippen LogP contribution is -2.23. The van der Waals surface area contributed by atoms with Crippen LogP contribution in [0, 0.1) is 5.92 Å². The maximum Gasteiger partial charge on any atom is 0.227 e. The number of ketones is 1. The molecule has 1 fully saturated rings. The number of aromatic nitrogens is 4. The highest BCUT2D eigenvalue weighted by Gasteiger charge is 2.34. The zero-order valence-corrected chi connectivity index (χ0v) is 14.7. The molecule has 1 saturated carbocycles. The molecule has 9 nitrogen and oxygen atoms in total. The highest BCUT2D eigenvalue weighted by atomic mass is 16.4. The van der Waals surface area contributed by atoms with Crippen molar-refractivity contribution in [2.45, 2.75) is 19.3 Å². The predicted molar refractivity (Wildman–Crippen MR) is 101 cm³/mol. The molecule has 0 amide bonds. The minimum absolute atomic E-state index is 0.0940. The molecule has 0 spiro atoms. The minimum atomic E-state index is -0.189. The fourth-order valence-electron chi connectivity index (χ4n) is 3.28. The van der Waals surface area contributed by atoms with E-state index in [4.69, 9.17) is 4.42 Å². The summed E-state index contributed by atoms with van der Waals surface area (Å²) >= 11 is 0. The predicted octanol–water partition coefficient (Wildman–Crippen LogP) is 3.09. The number of aliphatic imine (C=N–C) groups is 1. The first-order chi connectivity index (χ1) is 13.7. The number of hydrogen-bond acceptors (Lipinski definition) is 8. The van der Waals surface area contributed by atoms with E-state index in [0.29, 0.717) is 5.82 Å². The van der Waals surface area contributed by atoms with E-state index in [-0.39, 0.29) is 34.7 Å². The van der Waals surface area contributed by atoms with Crippen molar-refractivity contribution in [2.24, 2.45) is 10.9 Å². The first-order valence-electron chi connectivity index (χ1n) is 8.93. The first kappa shape index (κ1) is 16.4. The Labute approximate surface area is 159 Å². The van der Waals surface area contributed by atoms with Gasteiger partial charge in [0.2, 0.25) is 5.88 Å². The number of nitrogens with one attached hydrogen (secondary N) is 1. The van der Waals surface area contributed by atoms with Crippen molar-refractivity contribution in [3.8, 4) is 5.75 Å². The number of pyridine rings is 1. The van der Waals surface area contributed by atoms with Gasteiger partial charge in [-0.25, -0.2) is 14.7 Å². The van der Waals surface area contributed by atoms with Gasteiger partial charge in [0, 0.05) is 29.5 Å². The summed E-state index contributed by atoms with van der Waals surface area (Å²) in [6.45, 7) is 0. The average molecular weight is 376 g/mol. The molecule has 28 heavy (non-hydrogen) atoms. The Bertz CT molecular complexity index is 1110. The van der Waals surface area contributed by atoms with E-state index >= 15 is 0 Å². The second-order valence-electron chi connectivity index (χ2n) is 6.72. The summed E-state index contributed by atoms with van der Waals surface area (Å²) in [5.74, 6) is 0.524. The molecule has 5 rings (SSSR count). The molecule has 140 valence electrons. The molecular weight excluding hydrogens is 360 g/mol. The number of furan rings is 1. The molecule has 0 atom stereocenters. The second-order valence-corrected chi connectivity index (χ2v) is 6.72. The summed E-state index contributed by atoms with van der Waals surface area (Å²) in [7, 11) is 0. The Morgan fingerprint density at radius 2 is 2.14 bits per heavy atom. The molecule has 0 radical (unpaired) electrons. The monoisotopic (exact) mass is 376 g/mol. The van der Waals surface area contributed by atoms with Gasteiger partial charge >= 0.3 is 0 Å². The third-order valence-corrected chi connectivity index (χ3v) is 4.99. The van der Waals surface area contributed by atoms with Gasteiger partial charge in [-0.3, -0.25) is 10.2 Å². The Morgan fingerprint density at radius 3 is 2.89 bits per heavy atom. The standard InChI is InChI=1S/C19H16N6O3/c26-16(11-3-1-4-11)15-17(27)14(28-19(15)24-25-9-22-23-10-25)7-12-8-21-18-13(12)5-2-6-20-18/h2,5-11,24,27H,1,3-4H2. The molecule has 2 N–H and O–H groups in total. The van der Waals surface area contributed by atoms with Gasteiger partial charge in [-0.1, -0.05) is 6.42 Å². The van der Waals surface area contributed by atoms with Gasteiger partial charge in [-0.05, 0) is 31.1 Å². The van der Waals surface area contributed by atoms with Crippen LogP contribution in [0.5, 0.6) is 5.75 Å².